The van der Waals surface area contributed by atoms with Gasteiger partial charge in [-0.25, -0.2) is 4.79 Å². The highest BCUT2D eigenvalue weighted by atomic mass is 35.5. The van der Waals surface area contributed by atoms with E-state index in [2.05, 4.69) is 0 Å². The van der Waals surface area contributed by atoms with E-state index < -0.39 is 18.7 Å². The van der Waals surface area contributed by atoms with Gasteiger partial charge in [0.1, 0.15) is 5.75 Å². The van der Waals surface area contributed by atoms with Gasteiger partial charge in [0.25, 0.3) is 5.91 Å². The number of rotatable bonds is 7. The fraction of sp³-hybridized carbons (Fsp3) is 0.148. The summed E-state index contributed by atoms with van der Waals surface area (Å²) >= 11 is 5.96. The molecule has 0 bridgehead atoms. The van der Waals surface area contributed by atoms with Crippen LogP contribution in [-0.2, 0) is 20.7 Å². The van der Waals surface area contributed by atoms with Crippen molar-refractivity contribution in [3.8, 4) is 5.75 Å². The predicted octanol–water partition coefficient (Wildman–Crippen LogP) is 5.20. The lowest BCUT2D eigenvalue weighted by atomic mass is 10.1. The summed E-state index contributed by atoms with van der Waals surface area (Å²) in [5, 5.41) is 1.21. The average molecular weight is 492 g/mol. The van der Waals surface area contributed by atoms with Crippen LogP contribution in [0.4, 0.5) is 0 Å². The van der Waals surface area contributed by atoms with Crippen molar-refractivity contribution in [2.45, 2.75) is 13.3 Å². The number of carbonyl (C=O) groups excluding carboxylic acids is 3. The maximum Gasteiger partial charge on any atom is 0.340 e. The molecule has 4 rings (SSSR count). The lowest BCUT2D eigenvalue weighted by Crippen LogP contribution is -2.16. The first kappa shape index (κ1) is 24.0. The quantitative estimate of drug-likeness (QED) is 0.261. The number of hydrogen-bond acceptors (Lipinski definition) is 6. The number of benzene rings is 3. The Hall–Kier alpha value is -4.10. The van der Waals surface area contributed by atoms with Crippen LogP contribution in [0.5, 0.6) is 5.75 Å². The second kappa shape index (κ2) is 10.4. The average Bonchev–Trinajstić information content (AvgIpc) is 3.14. The van der Waals surface area contributed by atoms with E-state index in [0.29, 0.717) is 44.1 Å². The number of aromatic nitrogens is 1. The second-order valence-electron chi connectivity index (χ2n) is 7.70. The van der Waals surface area contributed by atoms with Gasteiger partial charge in [-0.05, 0) is 67.1 Å². The Morgan fingerprint density at radius 2 is 1.60 bits per heavy atom. The monoisotopic (exact) mass is 491 g/mol. The van der Waals surface area contributed by atoms with Gasteiger partial charge in [0.05, 0.1) is 24.6 Å². The fourth-order valence-corrected chi connectivity index (χ4v) is 3.92. The third-order valence-corrected chi connectivity index (χ3v) is 5.83. The Bertz CT molecular complexity index is 1390. The maximum atomic E-state index is 13.3. The van der Waals surface area contributed by atoms with Crippen LogP contribution in [0, 0.1) is 6.92 Å². The van der Waals surface area contributed by atoms with E-state index in [1.54, 1.807) is 91.4 Å². The minimum absolute atomic E-state index is 0.126. The molecular weight excluding hydrogens is 470 g/mol. The van der Waals surface area contributed by atoms with Crippen LogP contribution in [0.25, 0.3) is 10.9 Å². The van der Waals surface area contributed by atoms with Crippen molar-refractivity contribution in [3.63, 3.8) is 0 Å². The Kier molecular flexibility index (Phi) is 7.17. The molecule has 0 fully saturated rings. The molecule has 3 aromatic carbocycles. The highest BCUT2D eigenvalue weighted by molar-refractivity contribution is 6.30. The first-order chi connectivity index (χ1) is 16.9. The molecular formula is C27H22ClNO6. The van der Waals surface area contributed by atoms with E-state index in [-0.39, 0.29) is 12.3 Å². The number of methoxy groups -OCH3 is 1. The van der Waals surface area contributed by atoms with Crippen LogP contribution < -0.4 is 4.74 Å². The first-order valence-electron chi connectivity index (χ1n) is 10.7. The molecule has 8 heteroatoms. The molecule has 0 saturated heterocycles. The molecule has 1 aromatic heterocycles. The zero-order valence-electron chi connectivity index (χ0n) is 19.1. The molecule has 0 aliphatic rings. The first-order valence-corrected chi connectivity index (χ1v) is 11.1. The molecule has 7 nitrogen and oxygen atoms in total. The largest absolute Gasteiger partial charge is 0.497 e. The normalized spacial score (nSPS) is 10.7. The molecule has 4 aromatic rings. The number of esters is 2. The van der Waals surface area contributed by atoms with E-state index in [9.17, 15) is 14.4 Å². The summed E-state index contributed by atoms with van der Waals surface area (Å²) in [5.74, 6) is -0.870. The van der Waals surface area contributed by atoms with Crippen molar-refractivity contribution in [1.82, 2.24) is 4.57 Å². The second-order valence-corrected chi connectivity index (χ2v) is 8.14. The highest BCUT2D eigenvalue weighted by Gasteiger charge is 2.22. The van der Waals surface area contributed by atoms with E-state index in [0.717, 1.165) is 0 Å². The topological polar surface area (TPSA) is 83.8 Å². The van der Waals surface area contributed by atoms with Gasteiger partial charge in [-0.2, -0.15) is 0 Å². The van der Waals surface area contributed by atoms with Crippen molar-refractivity contribution < 1.29 is 28.6 Å². The highest BCUT2D eigenvalue weighted by Crippen LogP contribution is 2.31. The van der Waals surface area contributed by atoms with Crippen LogP contribution in [0.15, 0.2) is 72.8 Å². The van der Waals surface area contributed by atoms with Gasteiger partial charge in [-0.3, -0.25) is 14.2 Å². The summed E-state index contributed by atoms with van der Waals surface area (Å²) in [6, 6.07) is 20.3. The molecule has 178 valence electrons. The molecule has 0 radical (unpaired) electrons. The molecule has 0 unspecified atom stereocenters. The van der Waals surface area contributed by atoms with Crippen molar-refractivity contribution >= 4 is 40.3 Å². The van der Waals surface area contributed by atoms with E-state index >= 15 is 0 Å². The van der Waals surface area contributed by atoms with Crippen LogP contribution in [-0.4, -0.2) is 36.3 Å². The SMILES string of the molecule is COc1ccc2c(c1)c(CC(=O)OCOC(=O)c1ccccc1)c(C)n2C(=O)c1ccc(Cl)cc1. The smallest absolute Gasteiger partial charge is 0.340 e. The molecule has 0 aliphatic heterocycles. The minimum Gasteiger partial charge on any atom is -0.497 e. The van der Waals surface area contributed by atoms with Crippen molar-refractivity contribution in [2.75, 3.05) is 13.9 Å². The molecule has 0 aliphatic carbocycles. The number of halogens is 1. The number of carbonyl (C=O) groups is 3. The van der Waals surface area contributed by atoms with Crippen molar-refractivity contribution in [1.29, 1.82) is 0 Å². The minimum atomic E-state index is -0.602. The summed E-state index contributed by atoms with van der Waals surface area (Å²) in [6.07, 6.45) is -0.126. The van der Waals surface area contributed by atoms with Crippen LogP contribution in [0.3, 0.4) is 0 Å². The third-order valence-electron chi connectivity index (χ3n) is 5.58. The zero-order valence-corrected chi connectivity index (χ0v) is 19.9. The maximum absolute atomic E-state index is 13.3. The molecule has 0 amide bonds. The van der Waals surface area contributed by atoms with E-state index in [4.69, 9.17) is 25.8 Å². The summed E-state index contributed by atoms with van der Waals surface area (Å²) in [7, 11) is 1.54. The van der Waals surface area contributed by atoms with Gasteiger partial charge in [-0.1, -0.05) is 29.8 Å². The van der Waals surface area contributed by atoms with E-state index in [1.807, 2.05) is 0 Å². The van der Waals surface area contributed by atoms with Gasteiger partial charge in [0.15, 0.2) is 0 Å². The van der Waals surface area contributed by atoms with Gasteiger partial charge >= 0.3 is 11.9 Å². The molecule has 0 saturated carbocycles. The number of nitrogens with zero attached hydrogens (tertiary/aromatic N) is 1. The Morgan fingerprint density at radius 1 is 0.886 bits per heavy atom. The molecule has 0 atom stereocenters. The number of hydrogen-bond donors (Lipinski definition) is 0. The predicted molar refractivity (Wildman–Crippen MR) is 131 cm³/mol. The Morgan fingerprint density at radius 3 is 2.29 bits per heavy atom. The van der Waals surface area contributed by atoms with Gasteiger partial charge in [0.2, 0.25) is 6.79 Å². The van der Waals surface area contributed by atoms with Gasteiger partial charge in [-0.15, -0.1) is 0 Å². The molecule has 0 spiro atoms. The van der Waals surface area contributed by atoms with Crippen molar-refractivity contribution in [3.05, 3.63) is 100 Å². The molecule has 35 heavy (non-hydrogen) atoms. The lowest BCUT2D eigenvalue weighted by molar-refractivity contribution is -0.151. The van der Waals surface area contributed by atoms with E-state index in [1.165, 1.54) is 0 Å². The summed E-state index contributed by atoms with van der Waals surface area (Å²) < 4.78 is 17.1. The summed E-state index contributed by atoms with van der Waals surface area (Å²) in [5.41, 5.74) is 2.64. The van der Waals surface area contributed by atoms with Crippen molar-refractivity contribution in [2.24, 2.45) is 0 Å². The fourth-order valence-electron chi connectivity index (χ4n) is 3.80. The lowest BCUT2D eigenvalue weighted by Gasteiger charge is -2.08. The molecule has 1 heterocycles. The number of fused-ring (bicyclic) bond motifs is 1. The third kappa shape index (κ3) is 5.20. The Balaban J connectivity index is 1.57. The summed E-state index contributed by atoms with van der Waals surface area (Å²) in [4.78, 5) is 38.0. The molecule has 0 N–H and O–H groups in total. The van der Waals surface area contributed by atoms with Gasteiger partial charge in [0, 0.05) is 21.7 Å². The van der Waals surface area contributed by atoms with Crippen LogP contribution in [0.1, 0.15) is 32.0 Å². The summed E-state index contributed by atoms with van der Waals surface area (Å²) in [6.45, 7) is 1.25. The van der Waals surface area contributed by atoms with Crippen LogP contribution >= 0.6 is 11.6 Å². The number of ether oxygens (including phenoxy) is 3. The Labute approximate surface area is 206 Å². The van der Waals surface area contributed by atoms with Gasteiger partial charge < -0.3 is 14.2 Å². The zero-order chi connectivity index (χ0) is 24.9. The van der Waals surface area contributed by atoms with Crippen LogP contribution in [0.2, 0.25) is 5.02 Å². The standard InChI is InChI=1S/C27H22ClNO6/c1-17-22(15-25(30)34-16-35-27(32)19-6-4-3-5-7-19)23-14-21(33-2)12-13-24(23)29(17)26(31)18-8-10-20(28)11-9-18/h3-14H,15-16H2,1-2H3.